The molecule has 0 aromatic heterocycles. The fourth-order valence-electron chi connectivity index (χ4n) is 1.41. The second-order valence-electron chi connectivity index (χ2n) is 5.29. The molecule has 104 valence electrons. The van der Waals surface area contributed by atoms with E-state index < -0.39 is 11.7 Å². The summed E-state index contributed by atoms with van der Waals surface area (Å²) in [5.41, 5.74) is 0.636. The van der Waals surface area contributed by atoms with Gasteiger partial charge in [-0.15, -0.1) is 0 Å². The first kappa shape index (κ1) is 15.5. The standard InChI is InChI=1S/C14H18ClNO3/c1-9(8-17)10-5-6-11(15)12(7-10)16-13(18)19-14(2,3)4/h5-9H,1-4H3,(H,16,18). The van der Waals surface area contributed by atoms with Crippen molar-refractivity contribution < 1.29 is 14.3 Å². The minimum absolute atomic E-state index is 0.253. The van der Waals surface area contributed by atoms with Crippen molar-refractivity contribution in [2.75, 3.05) is 5.32 Å². The average molecular weight is 284 g/mol. The van der Waals surface area contributed by atoms with Crippen LogP contribution in [0.4, 0.5) is 10.5 Å². The topological polar surface area (TPSA) is 55.4 Å². The van der Waals surface area contributed by atoms with E-state index in [-0.39, 0.29) is 5.92 Å². The number of amides is 1. The summed E-state index contributed by atoms with van der Waals surface area (Å²) in [6, 6.07) is 5.07. The number of carbonyl (C=O) groups is 2. The van der Waals surface area contributed by atoms with E-state index in [9.17, 15) is 9.59 Å². The lowest BCUT2D eigenvalue weighted by molar-refractivity contribution is -0.108. The Morgan fingerprint density at radius 1 is 1.42 bits per heavy atom. The molecule has 1 aromatic carbocycles. The van der Waals surface area contributed by atoms with E-state index >= 15 is 0 Å². The molecule has 1 unspecified atom stereocenters. The molecular formula is C14H18ClNO3. The van der Waals surface area contributed by atoms with Crippen molar-refractivity contribution in [2.24, 2.45) is 0 Å². The lowest BCUT2D eigenvalue weighted by atomic mass is 10.0. The Balaban J connectivity index is 2.88. The van der Waals surface area contributed by atoms with Gasteiger partial charge in [-0.1, -0.05) is 24.6 Å². The maximum Gasteiger partial charge on any atom is 0.412 e. The highest BCUT2D eigenvalue weighted by atomic mass is 35.5. The van der Waals surface area contributed by atoms with Gasteiger partial charge < -0.3 is 9.53 Å². The van der Waals surface area contributed by atoms with Crippen molar-refractivity contribution in [1.82, 2.24) is 0 Å². The minimum atomic E-state index is -0.579. The predicted octanol–water partition coefficient (Wildman–Crippen LogP) is 3.99. The molecule has 1 amide bonds. The zero-order chi connectivity index (χ0) is 14.6. The van der Waals surface area contributed by atoms with E-state index in [1.54, 1.807) is 45.9 Å². The molecule has 5 heteroatoms. The van der Waals surface area contributed by atoms with Crippen LogP contribution in [0, 0.1) is 0 Å². The number of rotatable bonds is 3. The number of carbonyl (C=O) groups excluding carboxylic acids is 2. The second-order valence-corrected chi connectivity index (χ2v) is 5.70. The summed E-state index contributed by atoms with van der Waals surface area (Å²) < 4.78 is 5.15. The van der Waals surface area contributed by atoms with Crippen molar-refractivity contribution in [3.05, 3.63) is 28.8 Å². The fourth-order valence-corrected chi connectivity index (χ4v) is 1.58. The maximum atomic E-state index is 11.7. The van der Waals surface area contributed by atoms with E-state index in [1.807, 2.05) is 0 Å². The van der Waals surface area contributed by atoms with E-state index in [0.717, 1.165) is 11.8 Å². The number of ether oxygens (including phenoxy) is 1. The van der Waals surface area contributed by atoms with Gasteiger partial charge >= 0.3 is 6.09 Å². The average Bonchev–Trinajstić information content (AvgIpc) is 2.28. The van der Waals surface area contributed by atoms with Crippen LogP contribution < -0.4 is 5.32 Å². The third-order valence-corrected chi connectivity index (χ3v) is 2.69. The third-order valence-electron chi connectivity index (χ3n) is 2.36. The molecule has 0 heterocycles. The summed E-state index contributed by atoms with van der Waals surface area (Å²) in [7, 11) is 0. The molecule has 0 aliphatic heterocycles. The number of anilines is 1. The fraction of sp³-hybridized carbons (Fsp3) is 0.429. The molecule has 0 bridgehead atoms. The number of benzene rings is 1. The van der Waals surface area contributed by atoms with Gasteiger partial charge in [0.15, 0.2) is 0 Å². The molecule has 0 saturated carbocycles. The first-order valence-corrected chi connectivity index (χ1v) is 6.35. The van der Waals surface area contributed by atoms with Crippen LogP contribution in [0.3, 0.4) is 0 Å². The molecule has 1 atom stereocenters. The Labute approximate surface area is 118 Å². The van der Waals surface area contributed by atoms with Crippen LogP contribution in [0.25, 0.3) is 0 Å². The van der Waals surface area contributed by atoms with Crippen LogP contribution in [-0.2, 0) is 9.53 Å². The van der Waals surface area contributed by atoms with Gasteiger partial charge in [0.2, 0.25) is 0 Å². The summed E-state index contributed by atoms with van der Waals surface area (Å²) in [5.74, 6) is -0.253. The van der Waals surface area contributed by atoms with Gasteiger partial charge in [0.25, 0.3) is 0 Å². The molecule has 0 saturated heterocycles. The molecule has 0 fully saturated rings. The quantitative estimate of drug-likeness (QED) is 0.853. The van der Waals surface area contributed by atoms with E-state index in [2.05, 4.69) is 5.32 Å². The largest absolute Gasteiger partial charge is 0.444 e. The van der Waals surface area contributed by atoms with E-state index in [0.29, 0.717) is 10.7 Å². The van der Waals surface area contributed by atoms with Crippen molar-refractivity contribution in [2.45, 2.75) is 39.2 Å². The Morgan fingerprint density at radius 2 is 2.05 bits per heavy atom. The van der Waals surface area contributed by atoms with Crippen molar-refractivity contribution in [3.63, 3.8) is 0 Å². The molecule has 0 radical (unpaired) electrons. The molecule has 1 aromatic rings. The lowest BCUT2D eigenvalue weighted by Gasteiger charge is -2.20. The highest BCUT2D eigenvalue weighted by Crippen LogP contribution is 2.26. The number of hydrogen-bond acceptors (Lipinski definition) is 3. The maximum absolute atomic E-state index is 11.7. The van der Waals surface area contributed by atoms with Crippen molar-refractivity contribution >= 4 is 29.7 Å². The molecule has 4 nitrogen and oxygen atoms in total. The SMILES string of the molecule is CC(C=O)c1ccc(Cl)c(NC(=O)OC(C)(C)C)c1. The first-order valence-electron chi connectivity index (χ1n) is 5.97. The monoisotopic (exact) mass is 283 g/mol. The molecule has 0 aliphatic rings. The summed E-state index contributed by atoms with van der Waals surface area (Å²) >= 11 is 6.00. The van der Waals surface area contributed by atoms with Gasteiger partial charge in [0, 0.05) is 5.92 Å². The van der Waals surface area contributed by atoms with Gasteiger partial charge in [-0.05, 0) is 38.5 Å². The molecule has 19 heavy (non-hydrogen) atoms. The molecule has 1 N–H and O–H groups in total. The zero-order valence-electron chi connectivity index (χ0n) is 11.5. The third kappa shape index (κ3) is 4.91. The molecular weight excluding hydrogens is 266 g/mol. The van der Waals surface area contributed by atoms with Crippen LogP contribution in [0.2, 0.25) is 5.02 Å². The number of halogens is 1. The van der Waals surface area contributed by atoms with Crippen LogP contribution >= 0.6 is 11.6 Å². The van der Waals surface area contributed by atoms with Gasteiger partial charge in [-0.2, -0.15) is 0 Å². The lowest BCUT2D eigenvalue weighted by Crippen LogP contribution is -2.27. The number of nitrogens with one attached hydrogen (secondary N) is 1. The van der Waals surface area contributed by atoms with E-state index in [1.165, 1.54) is 0 Å². The summed E-state index contributed by atoms with van der Waals surface area (Å²) in [6.45, 7) is 7.10. The van der Waals surface area contributed by atoms with Crippen molar-refractivity contribution in [3.8, 4) is 0 Å². The number of hydrogen-bond donors (Lipinski definition) is 1. The summed E-state index contributed by atoms with van der Waals surface area (Å²) in [6.07, 6.45) is 0.255. The Hall–Kier alpha value is -1.55. The Bertz CT molecular complexity index is 480. The molecule has 0 spiro atoms. The predicted molar refractivity (Wildman–Crippen MR) is 75.8 cm³/mol. The van der Waals surface area contributed by atoms with Crippen molar-refractivity contribution in [1.29, 1.82) is 0 Å². The Kier molecular flexibility index (Phi) is 4.95. The highest BCUT2D eigenvalue weighted by molar-refractivity contribution is 6.33. The van der Waals surface area contributed by atoms with E-state index in [4.69, 9.17) is 16.3 Å². The zero-order valence-corrected chi connectivity index (χ0v) is 12.2. The van der Waals surface area contributed by atoms with Crippen LogP contribution in [0.15, 0.2) is 18.2 Å². The number of aldehydes is 1. The molecule has 1 rings (SSSR count). The normalized spacial score (nSPS) is 12.7. The molecule has 0 aliphatic carbocycles. The Morgan fingerprint density at radius 3 is 2.58 bits per heavy atom. The first-order chi connectivity index (χ1) is 8.73. The van der Waals surface area contributed by atoms with Gasteiger partial charge in [-0.3, -0.25) is 5.32 Å². The highest BCUT2D eigenvalue weighted by Gasteiger charge is 2.17. The minimum Gasteiger partial charge on any atom is -0.444 e. The van der Waals surface area contributed by atoms with Crippen LogP contribution in [0.5, 0.6) is 0 Å². The van der Waals surface area contributed by atoms with Gasteiger partial charge in [-0.25, -0.2) is 4.79 Å². The van der Waals surface area contributed by atoms with Gasteiger partial charge in [0.1, 0.15) is 11.9 Å². The van der Waals surface area contributed by atoms with Crippen LogP contribution in [-0.4, -0.2) is 18.0 Å². The summed E-state index contributed by atoms with van der Waals surface area (Å²) in [5, 5.41) is 2.97. The second kappa shape index (κ2) is 6.06. The smallest absolute Gasteiger partial charge is 0.412 e. The van der Waals surface area contributed by atoms with Gasteiger partial charge in [0.05, 0.1) is 10.7 Å². The summed E-state index contributed by atoms with van der Waals surface area (Å²) in [4.78, 5) is 22.4. The van der Waals surface area contributed by atoms with Crippen LogP contribution in [0.1, 0.15) is 39.2 Å².